The van der Waals surface area contributed by atoms with Crippen molar-refractivity contribution in [3.63, 3.8) is 0 Å². The van der Waals surface area contributed by atoms with E-state index in [1.54, 1.807) is 0 Å². The van der Waals surface area contributed by atoms with E-state index in [1.165, 1.54) is 5.56 Å². The minimum absolute atomic E-state index is 0.0367. The topological polar surface area (TPSA) is 35.2 Å². The van der Waals surface area contributed by atoms with Gasteiger partial charge in [0, 0.05) is 11.5 Å². The number of benzene rings is 1. The van der Waals surface area contributed by atoms with E-state index < -0.39 is 0 Å². The number of hydrogen-bond acceptors (Lipinski definition) is 2. The molecule has 1 aromatic rings. The SMILES string of the molecule is CCc1cccc(OC(C(N)CC)C(C)(C)C)c1. The molecular weight excluding hydrogens is 222 g/mol. The largest absolute Gasteiger partial charge is 0.488 e. The van der Waals surface area contributed by atoms with Crippen LogP contribution in [0.2, 0.25) is 0 Å². The summed E-state index contributed by atoms with van der Waals surface area (Å²) in [6, 6.07) is 8.36. The summed E-state index contributed by atoms with van der Waals surface area (Å²) in [6.07, 6.45) is 1.99. The Balaban J connectivity index is 2.89. The number of nitrogens with two attached hydrogens (primary N) is 1. The van der Waals surface area contributed by atoms with Crippen LogP contribution in [0.4, 0.5) is 0 Å². The first-order valence-electron chi connectivity index (χ1n) is 6.89. The second-order valence-electron chi connectivity index (χ2n) is 5.98. The normalized spacial score (nSPS) is 15.2. The van der Waals surface area contributed by atoms with Crippen LogP contribution < -0.4 is 10.5 Å². The summed E-state index contributed by atoms with van der Waals surface area (Å²) >= 11 is 0. The van der Waals surface area contributed by atoms with Gasteiger partial charge in [-0.1, -0.05) is 46.8 Å². The van der Waals surface area contributed by atoms with Gasteiger partial charge in [-0.3, -0.25) is 0 Å². The summed E-state index contributed by atoms with van der Waals surface area (Å²) in [4.78, 5) is 0. The van der Waals surface area contributed by atoms with Crippen molar-refractivity contribution in [2.75, 3.05) is 0 Å². The van der Waals surface area contributed by atoms with Crippen LogP contribution in [0.15, 0.2) is 24.3 Å². The van der Waals surface area contributed by atoms with Gasteiger partial charge in [-0.05, 0) is 30.5 Å². The van der Waals surface area contributed by atoms with Crippen molar-refractivity contribution < 1.29 is 4.74 Å². The highest BCUT2D eigenvalue weighted by Gasteiger charge is 2.31. The molecule has 0 bridgehead atoms. The Morgan fingerprint density at radius 1 is 1.22 bits per heavy atom. The van der Waals surface area contributed by atoms with Crippen LogP contribution in [0.5, 0.6) is 5.75 Å². The highest BCUT2D eigenvalue weighted by atomic mass is 16.5. The summed E-state index contributed by atoms with van der Waals surface area (Å²) in [5.41, 5.74) is 7.53. The third kappa shape index (κ3) is 4.02. The third-order valence-electron chi connectivity index (χ3n) is 3.28. The predicted octanol–water partition coefficient (Wildman–Crippen LogP) is 3.78. The first-order valence-corrected chi connectivity index (χ1v) is 6.89. The van der Waals surface area contributed by atoms with Crippen molar-refractivity contribution in [2.45, 2.75) is 59.6 Å². The van der Waals surface area contributed by atoms with E-state index in [9.17, 15) is 0 Å². The van der Waals surface area contributed by atoms with Crippen molar-refractivity contribution in [1.29, 1.82) is 0 Å². The van der Waals surface area contributed by atoms with Gasteiger partial charge in [-0.15, -0.1) is 0 Å². The van der Waals surface area contributed by atoms with E-state index in [1.807, 2.05) is 12.1 Å². The number of ether oxygens (including phenoxy) is 1. The van der Waals surface area contributed by atoms with Gasteiger partial charge in [0.1, 0.15) is 11.9 Å². The van der Waals surface area contributed by atoms with Gasteiger partial charge in [0.05, 0.1) is 0 Å². The summed E-state index contributed by atoms with van der Waals surface area (Å²) < 4.78 is 6.15. The molecule has 0 amide bonds. The summed E-state index contributed by atoms with van der Waals surface area (Å²) in [6.45, 7) is 10.8. The molecule has 0 saturated heterocycles. The lowest BCUT2D eigenvalue weighted by atomic mass is 9.84. The fraction of sp³-hybridized carbons (Fsp3) is 0.625. The molecule has 2 heteroatoms. The van der Waals surface area contributed by atoms with Crippen molar-refractivity contribution in [2.24, 2.45) is 11.1 Å². The maximum atomic E-state index is 6.20. The van der Waals surface area contributed by atoms with Crippen LogP contribution in [-0.4, -0.2) is 12.1 Å². The van der Waals surface area contributed by atoms with E-state index >= 15 is 0 Å². The van der Waals surface area contributed by atoms with Gasteiger partial charge < -0.3 is 10.5 Å². The van der Waals surface area contributed by atoms with Crippen LogP contribution >= 0.6 is 0 Å². The van der Waals surface area contributed by atoms with Gasteiger partial charge >= 0.3 is 0 Å². The monoisotopic (exact) mass is 249 g/mol. The van der Waals surface area contributed by atoms with Crippen molar-refractivity contribution in [1.82, 2.24) is 0 Å². The zero-order chi connectivity index (χ0) is 13.8. The van der Waals surface area contributed by atoms with E-state index in [0.717, 1.165) is 18.6 Å². The molecule has 0 heterocycles. The second-order valence-corrected chi connectivity index (χ2v) is 5.98. The maximum absolute atomic E-state index is 6.20. The third-order valence-corrected chi connectivity index (χ3v) is 3.28. The molecule has 102 valence electrons. The van der Waals surface area contributed by atoms with E-state index in [-0.39, 0.29) is 17.6 Å². The second kappa shape index (κ2) is 6.24. The Morgan fingerprint density at radius 2 is 1.89 bits per heavy atom. The highest BCUT2D eigenvalue weighted by Crippen LogP contribution is 2.28. The van der Waals surface area contributed by atoms with Crippen molar-refractivity contribution in [3.8, 4) is 5.75 Å². The summed E-state index contributed by atoms with van der Waals surface area (Å²) in [7, 11) is 0. The Kier molecular flexibility index (Phi) is 5.21. The number of rotatable bonds is 5. The standard InChI is InChI=1S/C16H27NO/c1-6-12-9-8-10-13(11-12)18-15(14(17)7-2)16(3,4)5/h8-11,14-15H,6-7,17H2,1-5H3. The van der Waals surface area contributed by atoms with E-state index in [2.05, 4.69) is 46.8 Å². The Morgan fingerprint density at radius 3 is 2.39 bits per heavy atom. The molecule has 1 aromatic carbocycles. The van der Waals surface area contributed by atoms with Gasteiger partial charge in [0.15, 0.2) is 0 Å². The first kappa shape index (κ1) is 15.0. The predicted molar refractivity (Wildman–Crippen MR) is 78.0 cm³/mol. The first-order chi connectivity index (χ1) is 8.38. The molecule has 1 rings (SSSR count). The Bertz CT molecular complexity index is 368. The lowest BCUT2D eigenvalue weighted by molar-refractivity contribution is 0.0621. The molecule has 2 nitrogen and oxygen atoms in total. The molecule has 0 aliphatic heterocycles. The Labute approximate surface area is 112 Å². The van der Waals surface area contributed by atoms with Crippen LogP contribution in [0, 0.1) is 5.41 Å². The quantitative estimate of drug-likeness (QED) is 0.862. The molecule has 0 aliphatic carbocycles. The maximum Gasteiger partial charge on any atom is 0.120 e. The van der Waals surface area contributed by atoms with Crippen molar-refractivity contribution in [3.05, 3.63) is 29.8 Å². The van der Waals surface area contributed by atoms with Crippen LogP contribution in [0.25, 0.3) is 0 Å². The van der Waals surface area contributed by atoms with Crippen LogP contribution in [-0.2, 0) is 6.42 Å². The van der Waals surface area contributed by atoms with Crippen molar-refractivity contribution >= 4 is 0 Å². The molecular formula is C16H27NO. The number of hydrogen-bond donors (Lipinski definition) is 1. The molecule has 0 spiro atoms. The Hall–Kier alpha value is -1.02. The van der Waals surface area contributed by atoms with E-state index in [4.69, 9.17) is 10.5 Å². The van der Waals surface area contributed by atoms with E-state index in [0.29, 0.717) is 0 Å². The molecule has 0 aliphatic rings. The molecule has 0 fully saturated rings. The minimum atomic E-state index is 0.0367. The summed E-state index contributed by atoms with van der Waals surface area (Å²) in [5, 5.41) is 0. The fourth-order valence-electron chi connectivity index (χ4n) is 2.11. The van der Waals surface area contributed by atoms with Gasteiger partial charge in [-0.2, -0.15) is 0 Å². The smallest absolute Gasteiger partial charge is 0.120 e. The lowest BCUT2D eigenvalue weighted by Crippen LogP contribution is -2.47. The fourth-order valence-corrected chi connectivity index (χ4v) is 2.11. The summed E-state index contributed by atoms with van der Waals surface area (Å²) in [5.74, 6) is 0.929. The van der Waals surface area contributed by atoms with Crippen LogP contribution in [0.3, 0.4) is 0 Å². The zero-order valence-corrected chi connectivity index (χ0v) is 12.4. The molecule has 2 unspecified atom stereocenters. The number of aryl methyl sites for hydroxylation is 1. The molecule has 2 N–H and O–H groups in total. The van der Waals surface area contributed by atoms with Gasteiger partial charge in [0.25, 0.3) is 0 Å². The highest BCUT2D eigenvalue weighted by molar-refractivity contribution is 5.28. The van der Waals surface area contributed by atoms with Gasteiger partial charge in [0.2, 0.25) is 0 Å². The van der Waals surface area contributed by atoms with Gasteiger partial charge in [-0.25, -0.2) is 0 Å². The lowest BCUT2D eigenvalue weighted by Gasteiger charge is -2.35. The molecule has 18 heavy (non-hydrogen) atoms. The molecule has 0 aromatic heterocycles. The zero-order valence-electron chi connectivity index (χ0n) is 12.4. The average molecular weight is 249 g/mol. The average Bonchev–Trinajstić information content (AvgIpc) is 2.34. The molecule has 0 saturated carbocycles. The molecule has 0 radical (unpaired) electrons. The molecule has 2 atom stereocenters. The van der Waals surface area contributed by atoms with Crippen LogP contribution in [0.1, 0.15) is 46.6 Å². The minimum Gasteiger partial charge on any atom is -0.488 e.